The first-order valence-corrected chi connectivity index (χ1v) is 8.52. The summed E-state index contributed by atoms with van der Waals surface area (Å²) in [6.45, 7) is 3.31. The maximum Gasteiger partial charge on any atom is 0.0218 e. The lowest BCUT2D eigenvalue weighted by molar-refractivity contribution is 0.143. The molecule has 0 saturated heterocycles. The summed E-state index contributed by atoms with van der Waals surface area (Å²) in [5.41, 5.74) is 2.96. The molecule has 0 radical (unpaired) electrons. The van der Waals surface area contributed by atoms with Crippen molar-refractivity contribution in [2.24, 2.45) is 11.8 Å². The van der Waals surface area contributed by atoms with Gasteiger partial charge in [-0.1, -0.05) is 25.7 Å². The van der Waals surface area contributed by atoms with E-state index in [2.05, 4.69) is 23.0 Å². The summed E-state index contributed by atoms with van der Waals surface area (Å²) in [6.07, 6.45) is 10.3. The van der Waals surface area contributed by atoms with Crippen LogP contribution >= 0.6 is 11.3 Å². The van der Waals surface area contributed by atoms with Gasteiger partial charge in [0.25, 0.3) is 0 Å². The second-order valence-electron chi connectivity index (χ2n) is 6.28. The molecule has 1 aromatic rings. The summed E-state index contributed by atoms with van der Waals surface area (Å²) in [7, 11) is 0. The molecule has 3 atom stereocenters. The van der Waals surface area contributed by atoms with E-state index in [0.29, 0.717) is 0 Å². The van der Waals surface area contributed by atoms with Crippen molar-refractivity contribution in [1.82, 2.24) is 5.32 Å². The Bertz CT molecular complexity index is 384. The van der Waals surface area contributed by atoms with E-state index in [9.17, 15) is 0 Å². The number of hydrogen-bond donors (Lipinski definition) is 1. The van der Waals surface area contributed by atoms with E-state index in [1.807, 2.05) is 11.3 Å². The lowest BCUT2D eigenvalue weighted by atomic mass is 9.69. The number of rotatable bonds is 3. The number of aryl methyl sites for hydroxylation is 1. The Kier molecular flexibility index (Phi) is 4.05. The van der Waals surface area contributed by atoms with Crippen molar-refractivity contribution in [3.05, 3.63) is 21.9 Å². The number of fused-ring (bicyclic) bond motifs is 1. The molecule has 2 fully saturated rings. The first-order chi connectivity index (χ1) is 8.83. The zero-order valence-corrected chi connectivity index (χ0v) is 12.3. The van der Waals surface area contributed by atoms with Crippen molar-refractivity contribution < 1.29 is 0 Å². The van der Waals surface area contributed by atoms with E-state index < -0.39 is 0 Å². The summed E-state index contributed by atoms with van der Waals surface area (Å²) in [5, 5.41) is 8.36. The van der Waals surface area contributed by atoms with Crippen LogP contribution in [0.25, 0.3) is 0 Å². The van der Waals surface area contributed by atoms with Gasteiger partial charge in [-0.3, -0.25) is 0 Å². The van der Waals surface area contributed by atoms with Crippen LogP contribution in [0.3, 0.4) is 0 Å². The van der Waals surface area contributed by atoms with Crippen LogP contribution < -0.4 is 5.32 Å². The molecule has 0 amide bonds. The number of nitrogens with one attached hydrogen (secondary N) is 1. The molecule has 1 aromatic heterocycles. The van der Waals surface area contributed by atoms with Crippen molar-refractivity contribution in [3.8, 4) is 0 Å². The molecule has 18 heavy (non-hydrogen) atoms. The van der Waals surface area contributed by atoms with Gasteiger partial charge in [-0.25, -0.2) is 0 Å². The van der Waals surface area contributed by atoms with Gasteiger partial charge in [0.05, 0.1) is 0 Å². The first kappa shape index (κ1) is 12.7. The lowest BCUT2D eigenvalue weighted by Crippen LogP contribution is -2.38. The maximum absolute atomic E-state index is 3.80. The molecule has 3 unspecified atom stereocenters. The fourth-order valence-electron chi connectivity index (χ4n) is 3.88. The topological polar surface area (TPSA) is 12.0 Å². The van der Waals surface area contributed by atoms with Crippen LogP contribution in [0.15, 0.2) is 10.8 Å². The molecular formula is C16H25NS. The second kappa shape index (κ2) is 5.75. The van der Waals surface area contributed by atoms with Gasteiger partial charge in [0, 0.05) is 12.6 Å². The Morgan fingerprint density at radius 2 is 1.94 bits per heavy atom. The Labute approximate surface area is 115 Å². The fourth-order valence-corrected chi connectivity index (χ4v) is 4.74. The quantitative estimate of drug-likeness (QED) is 0.846. The van der Waals surface area contributed by atoms with Crippen LogP contribution in [0, 0.1) is 18.8 Å². The van der Waals surface area contributed by atoms with E-state index in [1.54, 1.807) is 0 Å². The highest BCUT2D eigenvalue weighted by Gasteiger charge is 2.31. The van der Waals surface area contributed by atoms with E-state index in [1.165, 1.54) is 56.1 Å². The van der Waals surface area contributed by atoms with Crippen molar-refractivity contribution in [2.75, 3.05) is 0 Å². The SMILES string of the molecule is Cc1cscc1CNC1CCC2CCCCC2C1. The van der Waals surface area contributed by atoms with Gasteiger partial charge in [0.2, 0.25) is 0 Å². The van der Waals surface area contributed by atoms with Gasteiger partial charge in [0.15, 0.2) is 0 Å². The lowest BCUT2D eigenvalue weighted by Gasteiger charge is -2.39. The minimum Gasteiger partial charge on any atom is -0.310 e. The van der Waals surface area contributed by atoms with E-state index in [4.69, 9.17) is 0 Å². The average Bonchev–Trinajstić information content (AvgIpc) is 2.82. The monoisotopic (exact) mass is 263 g/mol. The third kappa shape index (κ3) is 2.80. The summed E-state index contributed by atoms with van der Waals surface area (Å²) < 4.78 is 0. The highest BCUT2D eigenvalue weighted by Crippen LogP contribution is 2.40. The standard InChI is InChI=1S/C16H25NS/c1-12-10-18-11-15(12)9-17-16-7-6-13-4-2-3-5-14(13)8-16/h10-11,13-14,16-17H,2-9H2,1H3. The van der Waals surface area contributed by atoms with Gasteiger partial charge < -0.3 is 5.32 Å². The van der Waals surface area contributed by atoms with Gasteiger partial charge in [0.1, 0.15) is 0 Å². The molecule has 0 aliphatic heterocycles. The minimum absolute atomic E-state index is 0.781. The third-order valence-electron chi connectivity index (χ3n) is 5.08. The molecule has 2 aliphatic rings. The Morgan fingerprint density at radius 1 is 1.11 bits per heavy atom. The zero-order chi connectivity index (χ0) is 12.4. The first-order valence-electron chi connectivity index (χ1n) is 7.58. The molecule has 1 nitrogen and oxygen atoms in total. The molecular weight excluding hydrogens is 238 g/mol. The van der Waals surface area contributed by atoms with Gasteiger partial charge in [-0.2, -0.15) is 11.3 Å². The minimum atomic E-state index is 0.781. The average molecular weight is 263 g/mol. The van der Waals surface area contributed by atoms with Crippen molar-refractivity contribution in [1.29, 1.82) is 0 Å². The predicted molar refractivity (Wildman–Crippen MR) is 79.0 cm³/mol. The van der Waals surface area contributed by atoms with Crippen LogP contribution in [0.4, 0.5) is 0 Å². The fraction of sp³-hybridized carbons (Fsp3) is 0.750. The number of thiophene rings is 1. The smallest absolute Gasteiger partial charge is 0.0218 e. The molecule has 2 aliphatic carbocycles. The third-order valence-corrected chi connectivity index (χ3v) is 5.99. The van der Waals surface area contributed by atoms with E-state index in [-0.39, 0.29) is 0 Å². The maximum atomic E-state index is 3.80. The normalized spacial score (nSPS) is 32.2. The second-order valence-corrected chi connectivity index (χ2v) is 7.02. The van der Waals surface area contributed by atoms with Crippen molar-refractivity contribution in [2.45, 2.75) is 64.5 Å². The zero-order valence-electron chi connectivity index (χ0n) is 11.5. The Balaban J connectivity index is 1.50. The summed E-state index contributed by atoms with van der Waals surface area (Å²) in [4.78, 5) is 0. The molecule has 1 heterocycles. The summed E-state index contributed by atoms with van der Waals surface area (Å²) in [6, 6.07) is 0.781. The molecule has 1 N–H and O–H groups in total. The molecule has 0 aromatic carbocycles. The van der Waals surface area contributed by atoms with Crippen LogP contribution in [0.1, 0.15) is 56.1 Å². The van der Waals surface area contributed by atoms with Crippen LogP contribution in [0.2, 0.25) is 0 Å². The predicted octanol–water partition coefficient (Wildman–Crippen LogP) is 4.51. The van der Waals surface area contributed by atoms with E-state index >= 15 is 0 Å². The van der Waals surface area contributed by atoms with E-state index in [0.717, 1.165) is 24.4 Å². The number of hydrogen-bond acceptors (Lipinski definition) is 2. The van der Waals surface area contributed by atoms with Gasteiger partial charge >= 0.3 is 0 Å². The van der Waals surface area contributed by atoms with Gasteiger partial charge in [-0.05, 0) is 59.9 Å². The van der Waals surface area contributed by atoms with Crippen LogP contribution in [-0.4, -0.2) is 6.04 Å². The van der Waals surface area contributed by atoms with Gasteiger partial charge in [-0.15, -0.1) is 0 Å². The molecule has 2 heteroatoms. The molecule has 0 spiro atoms. The summed E-state index contributed by atoms with van der Waals surface area (Å²) in [5.74, 6) is 2.10. The van der Waals surface area contributed by atoms with Crippen LogP contribution in [-0.2, 0) is 6.54 Å². The summed E-state index contributed by atoms with van der Waals surface area (Å²) >= 11 is 1.83. The van der Waals surface area contributed by atoms with Crippen LogP contribution in [0.5, 0.6) is 0 Å². The molecule has 100 valence electrons. The molecule has 0 bridgehead atoms. The molecule has 2 saturated carbocycles. The molecule has 3 rings (SSSR count). The van der Waals surface area contributed by atoms with Crippen molar-refractivity contribution >= 4 is 11.3 Å². The Morgan fingerprint density at radius 3 is 2.72 bits per heavy atom. The highest BCUT2D eigenvalue weighted by atomic mass is 32.1. The largest absolute Gasteiger partial charge is 0.310 e. The Hall–Kier alpha value is -0.340. The highest BCUT2D eigenvalue weighted by molar-refractivity contribution is 7.08. The van der Waals surface area contributed by atoms with Crippen molar-refractivity contribution in [3.63, 3.8) is 0 Å².